The molecule has 0 unspecified atom stereocenters. The molecule has 1 aromatic heterocycles. The van der Waals surface area contributed by atoms with E-state index in [1.807, 2.05) is 0 Å². The number of aromatic hydroxyl groups is 1. The largest absolute Gasteiger partial charge is 0.502 e. The number of benzene rings is 1. The minimum atomic E-state index is -0.642. The summed E-state index contributed by atoms with van der Waals surface area (Å²) in [6, 6.07) is 4.05. The second-order valence-electron chi connectivity index (χ2n) is 7.02. The van der Waals surface area contributed by atoms with E-state index < -0.39 is 4.92 Å². The Morgan fingerprint density at radius 1 is 1.03 bits per heavy atom. The third-order valence-corrected chi connectivity index (χ3v) is 4.96. The topological polar surface area (TPSA) is 133 Å². The quantitative estimate of drug-likeness (QED) is 0.426. The Balaban J connectivity index is 1.55. The lowest BCUT2D eigenvalue weighted by Crippen LogP contribution is -2.25. The van der Waals surface area contributed by atoms with Crippen LogP contribution >= 0.6 is 0 Å². The van der Waals surface area contributed by atoms with Crippen LogP contribution in [0.3, 0.4) is 0 Å². The molecule has 0 atom stereocenters. The zero-order valence-corrected chi connectivity index (χ0v) is 15.9. The average molecular weight is 398 g/mol. The average Bonchev–Trinajstić information content (AvgIpc) is 3.43. The summed E-state index contributed by atoms with van der Waals surface area (Å²) >= 11 is 0. The van der Waals surface area contributed by atoms with Gasteiger partial charge in [0.2, 0.25) is 17.8 Å². The predicted molar refractivity (Wildman–Crippen MR) is 109 cm³/mol. The van der Waals surface area contributed by atoms with Crippen molar-refractivity contribution in [2.24, 2.45) is 5.10 Å². The van der Waals surface area contributed by atoms with E-state index in [2.05, 4.69) is 35.3 Å². The molecule has 0 bridgehead atoms. The second-order valence-corrected chi connectivity index (χ2v) is 7.02. The first kappa shape index (κ1) is 18.8. The summed E-state index contributed by atoms with van der Waals surface area (Å²) in [4.78, 5) is 28.2. The molecular weight excluding hydrogens is 376 g/mol. The minimum Gasteiger partial charge on any atom is -0.502 e. The highest BCUT2D eigenvalue weighted by Gasteiger charge is 2.21. The maximum Gasteiger partial charge on any atom is 0.311 e. The van der Waals surface area contributed by atoms with Gasteiger partial charge >= 0.3 is 5.69 Å². The van der Waals surface area contributed by atoms with E-state index in [4.69, 9.17) is 0 Å². The normalized spacial score (nSPS) is 16.7. The highest BCUT2D eigenvalue weighted by atomic mass is 16.6. The van der Waals surface area contributed by atoms with Gasteiger partial charge in [0, 0.05) is 37.8 Å². The molecule has 0 amide bonds. The van der Waals surface area contributed by atoms with E-state index in [0.717, 1.165) is 51.9 Å². The van der Waals surface area contributed by atoms with Gasteiger partial charge < -0.3 is 14.9 Å². The van der Waals surface area contributed by atoms with Gasteiger partial charge in [-0.15, -0.1) is 0 Å². The van der Waals surface area contributed by atoms with Crippen LogP contribution in [0.5, 0.6) is 5.75 Å². The van der Waals surface area contributed by atoms with Crippen molar-refractivity contribution in [1.82, 2.24) is 15.0 Å². The molecule has 4 rings (SSSR count). The summed E-state index contributed by atoms with van der Waals surface area (Å²) in [6.07, 6.45) is 5.88. The molecule has 11 nitrogen and oxygen atoms in total. The Morgan fingerprint density at radius 2 is 1.62 bits per heavy atom. The molecular formula is C18H22N8O3. The van der Waals surface area contributed by atoms with Crippen molar-refractivity contribution < 1.29 is 10.0 Å². The molecule has 0 radical (unpaired) electrons. The second kappa shape index (κ2) is 8.25. The SMILES string of the molecule is O=[N+]([O-])c1cc(/C=N/Nc2nc(N3CCCC3)nc(N3CCCC3)n2)ccc1O. The van der Waals surface area contributed by atoms with Crippen LogP contribution < -0.4 is 15.2 Å². The fourth-order valence-corrected chi connectivity index (χ4v) is 3.45. The molecule has 11 heteroatoms. The Morgan fingerprint density at radius 3 is 2.17 bits per heavy atom. The van der Waals surface area contributed by atoms with Crippen LogP contribution in [0.2, 0.25) is 0 Å². The lowest BCUT2D eigenvalue weighted by Gasteiger charge is -2.20. The maximum atomic E-state index is 10.9. The number of hydrogen-bond donors (Lipinski definition) is 2. The third-order valence-electron chi connectivity index (χ3n) is 4.96. The van der Waals surface area contributed by atoms with Crippen LogP contribution in [0.25, 0.3) is 0 Å². The molecule has 2 fully saturated rings. The molecule has 29 heavy (non-hydrogen) atoms. The van der Waals surface area contributed by atoms with Crippen LogP contribution in [0.1, 0.15) is 31.2 Å². The van der Waals surface area contributed by atoms with Gasteiger partial charge in [0.05, 0.1) is 11.1 Å². The van der Waals surface area contributed by atoms with Gasteiger partial charge in [0.1, 0.15) is 0 Å². The lowest BCUT2D eigenvalue weighted by molar-refractivity contribution is -0.385. The summed E-state index contributed by atoms with van der Waals surface area (Å²) in [5.41, 5.74) is 2.90. The molecule has 2 saturated heterocycles. The van der Waals surface area contributed by atoms with E-state index in [1.165, 1.54) is 24.4 Å². The first-order valence-electron chi connectivity index (χ1n) is 9.62. The summed E-state index contributed by atoms with van der Waals surface area (Å²) < 4.78 is 0. The fraction of sp³-hybridized carbons (Fsp3) is 0.444. The van der Waals surface area contributed by atoms with Gasteiger partial charge in [-0.25, -0.2) is 5.43 Å². The fourth-order valence-electron chi connectivity index (χ4n) is 3.45. The van der Waals surface area contributed by atoms with Crippen molar-refractivity contribution in [3.8, 4) is 5.75 Å². The molecule has 2 N–H and O–H groups in total. The molecule has 0 spiro atoms. The molecule has 2 aliphatic rings. The number of hydrazone groups is 1. The minimum absolute atomic E-state index is 0.327. The molecule has 2 aromatic rings. The van der Waals surface area contributed by atoms with E-state index >= 15 is 0 Å². The van der Waals surface area contributed by atoms with Gasteiger partial charge in [-0.3, -0.25) is 10.1 Å². The molecule has 152 valence electrons. The van der Waals surface area contributed by atoms with Gasteiger partial charge in [-0.05, 0) is 37.8 Å². The number of rotatable bonds is 6. The number of anilines is 3. The Labute approximate surface area is 167 Å². The first-order valence-corrected chi connectivity index (χ1v) is 9.62. The summed E-state index contributed by atoms with van der Waals surface area (Å²) in [5, 5.41) is 24.6. The summed E-state index contributed by atoms with van der Waals surface area (Å²) in [5.74, 6) is 1.21. The molecule has 3 heterocycles. The van der Waals surface area contributed by atoms with Crippen LogP contribution in [-0.2, 0) is 0 Å². The van der Waals surface area contributed by atoms with E-state index in [9.17, 15) is 15.2 Å². The predicted octanol–water partition coefficient (Wildman–Crippen LogP) is 2.13. The van der Waals surface area contributed by atoms with Gasteiger partial charge in [-0.1, -0.05) is 0 Å². The Bertz CT molecular complexity index is 889. The number of nitro benzene ring substituents is 1. The lowest BCUT2D eigenvalue weighted by atomic mass is 10.2. The zero-order valence-electron chi connectivity index (χ0n) is 15.9. The van der Waals surface area contributed by atoms with Crippen molar-refractivity contribution in [2.75, 3.05) is 41.4 Å². The van der Waals surface area contributed by atoms with E-state index in [-0.39, 0.29) is 11.4 Å². The number of nitrogens with one attached hydrogen (secondary N) is 1. The van der Waals surface area contributed by atoms with Crippen LogP contribution in [0.4, 0.5) is 23.5 Å². The molecule has 0 aliphatic carbocycles. The van der Waals surface area contributed by atoms with Crippen LogP contribution in [0, 0.1) is 10.1 Å². The Hall–Kier alpha value is -3.50. The summed E-state index contributed by atoms with van der Waals surface area (Å²) in [6.45, 7) is 3.68. The number of nitrogens with zero attached hydrogens (tertiary/aromatic N) is 7. The standard InChI is InChI=1S/C18H22N8O3/c27-15-6-5-13(11-14(15)26(28)29)12-19-23-16-20-17(24-7-1-2-8-24)22-18(21-16)25-9-3-4-10-25/h5-6,11-12,27H,1-4,7-10H2,(H,20,21,22,23)/b19-12+. The van der Waals surface area contributed by atoms with Gasteiger partial charge in [0.25, 0.3) is 0 Å². The van der Waals surface area contributed by atoms with Crippen LogP contribution in [0.15, 0.2) is 23.3 Å². The highest BCUT2D eigenvalue weighted by Crippen LogP contribution is 2.26. The van der Waals surface area contributed by atoms with Crippen molar-refractivity contribution in [1.29, 1.82) is 0 Å². The number of aromatic nitrogens is 3. The van der Waals surface area contributed by atoms with E-state index in [0.29, 0.717) is 23.4 Å². The smallest absolute Gasteiger partial charge is 0.311 e. The number of nitro groups is 1. The molecule has 2 aliphatic heterocycles. The number of phenolic OH excluding ortho intramolecular Hbond substituents is 1. The van der Waals surface area contributed by atoms with Crippen molar-refractivity contribution >= 4 is 29.7 Å². The first-order chi connectivity index (χ1) is 14.1. The highest BCUT2D eigenvalue weighted by molar-refractivity contribution is 5.81. The van der Waals surface area contributed by atoms with Gasteiger partial charge in [-0.2, -0.15) is 20.1 Å². The van der Waals surface area contributed by atoms with Crippen molar-refractivity contribution in [3.05, 3.63) is 33.9 Å². The van der Waals surface area contributed by atoms with Crippen molar-refractivity contribution in [2.45, 2.75) is 25.7 Å². The maximum absolute atomic E-state index is 10.9. The molecule has 1 aromatic carbocycles. The number of hydrogen-bond acceptors (Lipinski definition) is 10. The number of phenols is 1. The monoisotopic (exact) mass is 398 g/mol. The Kier molecular flexibility index (Phi) is 5.36. The van der Waals surface area contributed by atoms with Crippen molar-refractivity contribution in [3.63, 3.8) is 0 Å². The molecule has 0 saturated carbocycles. The van der Waals surface area contributed by atoms with Crippen LogP contribution in [-0.4, -0.2) is 57.4 Å². The summed E-state index contributed by atoms with van der Waals surface area (Å²) in [7, 11) is 0. The van der Waals surface area contributed by atoms with Gasteiger partial charge in [0.15, 0.2) is 5.75 Å². The van der Waals surface area contributed by atoms with E-state index in [1.54, 1.807) is 0 Å². The third kappa shape index (κ3) is 4.33. The zero-order chi connectivity index (χ0) is 20.2.